The zero-order valence-electron chi connectivity index (χ0n) is 9.57. The molecule has 7 heteroatoms. The van der Waals surface area contributed by atoms with Crippen molar-refractivity contribution in [3.8, 4) is 0 Å². The van der Waals surface area contributed by atoms with Crippen molar-refractivity contribution in [2.75, 3.05) is 6.54 Å². The van der Waals surface area contributed by atoms with Crippen molar-refractivity contribution in [2.24, 2.45) is 5.92 Å². The Hall–Kier alpha value is -0.170. The first-order valence-electron chi connectivity index (χ1n) is 5.13. The molecule has 0 aromatic carbocycles. The fourth-order valence-electron chi connectivity index (χ4n) is 1.15. The van der Waals surface area contributed by atoms with E-state index in [1.54, 1.807) is 0 Å². The molecule has 0 spiro atoms. The number of aromatic nitrogens is 1. The lowest BCUT2D eigenvalue weighted by Gasteiger charge is -2.09. The van der Waals surface area contributed by atoms with Crippen LogP contribution in [-0.4, -0.2) is 19.9 Å². The first kappa shape index (κ1) is 14.9. The van der Waals surface area contributed by atoms with Crippen LogP contribution >= 0.6 is 27.5 Å². The number of pyridine rings is 1. The molecule has 0 fully saturated rings. The number of hydrogen-bond donors (Lipinski definition) is 1. The monoisotopic (exact) mass is 340 g/mol. The second-order valence-corrected chi connectivity index (χ2v) is 7.03. The van der Waals surface area contributed by atoms with E-state index in [-0.39, 0.29) is 10.0 Å². The number of nitrogens with one attached hydrogen (secondary N) is 1. The van der Waals surface area contributed by atoms with E-state index in [0.29, 0.717) is 16.9 Å². The summed E-state index contributed by atoms with van der Waals surface area (Å²) >= 11 is 8.94. The topological polar surface area (TPSA) is 59.1 Å². The molecule has 0 aliphatic rings. The van der Waals surface area contributed by atoms with Crippen molar-refractivity contribution in [3.63, 3.8) is 0 Å². The van der Waals surface area contributed by atoms with Gasteiger partial charge in [0.05, 0.1) is 0 Å². The highest BCUT2D eigenvalue weighted by molar-refractivity contribution is 9.10. The standard InChI is InChI=1S/C10H14BrClN2O2S/c1-7(2)3-4-14-17(15,16)9-5-8(11)6-13-10(9)12/h5-7,14H,3-4H2,1-2H3. The zero-order chi connectivity index (χ0) is 13.1. The summed E-state index contributed by atoms with van der Waals surface area (Å²) in [5, 5.41) is -0.0229. The van der Waals surface area contributed by atoms with E-state index < -0.39 is 10.0 Å². The predicted octanol–water partition coefficient (Wildman–Crippen LogP) is 2.82. The van der Waals surface area contributed by atoms with Crippen LogP contribution in [0.15, 0.2) is 21.6 Å². The number of hydrogen-bond acceptors (Lipinski definition) is 3. The maximum absolute atomic E-state index is 11.9. The number of halogens is 2. The third-order valence-corrected chi connectivity index (χ3v) is 4.40. The average Bonchev–Trinajstić information content (AvgIpc) is 2.20. The summed E-state index contributed by atoms with van der Waals surface area (Å²) in [6.07, 6.45) is 2.23. The molecule has 1 rings (SSSR count). The molecule has 0 atom stereocenters. The maximum atomic E-state index is 11.9. The van der Waals surface area contributed by atoms with Crippen molar-refractivity contribution in [3.05, 3.63) is 21.9 Å². The normalized spacial score (nSPS) is 12.1. The summed E-state index contributed by atoms with van der Waals surface area (Å²) in [6, 6.07) is 1.44. The molecular weight excluding hydrogens is 328 g/mol. The van der Waals surface area contributed by atoms with Gasteiger partial charge in [-0.1, -0.05) is 25.4 Å². The van der Waals surface area contributed by atoms with Crippen LogP contribution in [0.1, 0.15) is 20.3 Å². The van der Waals surface area contributed by atoms with E-state index in [1.807, 2.05) is 13.8 Å². The highest BCUT2D eigenvalue weighted by atomic mass is 79.9. The Kier molecular flexibility index (Phi) is 5.37. The van der Waals surface area contributed by atoms with Gasteiger partial charge in [-0.3, -0.25) is 0 Å². The average molecular weight is 342 g/mol. The van der Waals surface area contributed by atoms with Crippen LogP contribution < -0.4 is 4.72 Å². The predicted molar refractivity (Wildman–Crippen MR) is 71.6 cm³/mol. The lowest BCUT2D eigenvalue weighted by atomic mass is 10.1. The van der Waals surface area contributed by atoms with Crippen LogP contribution in [0.4, 0.5) is 0 Å². The summed E-state index contributed by atoms with van der Waals surface area (Å²) in [6.45, 7) is 4.45. The van der Waals surface area contributed by atoms with Crippen molar-refractivity contribution in [1.29, 1.82) is 0 Å². The minimum atomic E-state index is -3.58. The van der Waals surface area contributed by atoms with Gasteiger partial charge in [-0.05, 0) is 34.3 Å². The Morgan fingerprint density at radius 1 is 1.53 bits per heavy atom. The third kappa shape index (κ3) is 4.54. The summed E-state index contributed by atoms with van der Waals surface area (Å²) in [7, 11) is -3.58. The molecule has 0 aliphatic heterocycles. The number of nitrogens with zero attached hydrogens (tertiary/aromatic N) is 1. The van der Waals surface area contributed by atoms with E-state index >= 15 is 0 Å². The molecular formula is C10H14BrClN2O2S. The van der Waals surface area contributed by atoms with Gasteiger partial charge in [-0.15, -0.1) is 0 Å². The molecule has 1 N–H and O–H groups in total. The number of sulfonamides is 1. The van der Waals surface area contributed by atoms with Gasteiger partial charge >= 0.3 is 0 Å². The quantitative estimate of drug-likeness (QED) is 0.838. The summed E-state index contributed by atoms with van der Waals surface area (Å²) in [4.78, 5) is 3.79. The van der Waals surface area contributed by atoms with E-state index in [0.717, 1.165) is 6.42 Å². The second kappa shape index (κ2) is 6.13. The molecule has 0 amide bonds. The molecule has 0 radical (unpaired) electrons. The Balaban J connectivity index is 2.86. The first-order valence-corrected chi connectivity index (χ1v) is 7.79. The molecule has 4 nitrogen and oxygen atoms in total. The van der Waals surface area contributed by atoms with Gasteiger partial charge < -0.3 is 0 Å². The summed E-state index contributed by atoms with van der Waals surface area (Å²) in [5.74, 6) is 0.439. The molecule has 17 heavy (non-hydrogen) atoms. The van der Waals surface area contributed by atoms with Crippen LogP contribution in [-0.2, 0) is 10.0 Å². The molecule has 96 valence electrons. The van der Waals surface area contributed by atoms with Crippen LogP contribution in [0.5, 0.6) is 0 Å². The van der Waals surface area contributed by atoms with Crippen molar-refractivity contribution >= 4 is 37.6 Å². The molecule has 0 unspecified atom stereocenters. The summed E-state index contributed by atoms with van der Waals surface area (Å²) < 4.78 is 26.9. The Morgan fingerprint density at radius 3 is 2.76 bits per heavy atom. The Bertz CT molecular complexity index is 491. The van der Waals surface area contributed by atoms with Gasteiger partial charge in [0, 0.05) is 17.2 Å². The molecule has 1 aromatic rings. The molecule has 0 bridgehead atoms. The van der Waals surface area contributed by atoms with E-state index in [2.05, 4.69) is 25.6 Å². The van der Waals surface area contributed by atoms with Gasteiger partial charge in [-0.25, -0.2) is 18.1 Å². The van der Waals surface area contributed by atoms with Crippen molar-refractivity contribution in [2.45, 2.75) is 25.2 Å². The maximum Gasteiger partial charge on any atom is 0.243 e. The van der Waals surface area contributed by atoms with Crippen LogP contribution in [0.2, 0.25) is 5.15 Å². The molecule has 0 aliphatic carbocycles. The van der Waals surface area contributed by atoms with E-state index in [4.69, 9.17) is 11.6 Å². The van der Waals surface area contributed by atoms with E-state index in [9.17, 15) is 8.42 Å². The molecule has 0 saturated carbocycles. The Morgan fingerprint density at radius 2 is 2.18 bits per heavy atom. The van der Waals surface area contributed by atoms with Gasteiger partial charge in [0.25, 0.3) is 0 Å². The lowest BCUT2D eigenvalue weighted by Crippen LogP contribution is -2.26. The fourth-order valence-corrected chi connectivity index (χ4v) is 3.14. The first-order chi connectivity index (χ1) is 7.83. The van der Waals surface area contributed by atoms with E-state index in [1.165, 1.54) is 12.3 Å². The lowest BCUT2D eigenvalue weighted by molar-refractivity contribution is 0.551. The van der Waals surface area contributed by atoms with Crippen LogP contribution in [0.25, 0.3) is 0 Å². The van der Waals surface area contributed by atoms with Gasteiger partial charge in [0.2, 0.25) is 10.0 Å². The largest absolute Gasteiger partial charge is 0.243 e. The van der Waals surface area contributed by atoms with Gasteiger partial charge in [0.15, 0.2) is 0 Å². The van der Waals surface area contributed by atoms with Crippen LogP contribution in [0.3, 0.4) is 0 Å². The van der Waals surface area contributed by atoms with Gasteiger partial charge in [-0.2, -0.15) is 0 Å². The zero-order valence-corrected chi connectivity index (χ0v) is 12.7. The molecule has 1 heterocycles. The molecule has 0 saturated heterocycles. The number of rotatable bonds is 5. The third-order valence-electron chi connectivity index (χ3n) is 2.08. The molecule has 1 aromatic heterocycles. The fraction of sp³-hybridized carbons (Fsp3) is 0.500. The van der Waals surface area contributed by atoms with Crippen LogP contribution in [0, 0.1) is 5.92 Å². The van der Waals surface area contributed by atoms with Crippen molar-refractivity contribution < 1.29 is 8.42 Å². The smallest absolute Gasteiger partial charge is 0.242 e. The van der Waals surface area contributed by atoms with Crippen molar-refractivity contribution in [1.82, 2.24) is 9.71 Å². The van der Waals surface area contributed by atoms with Gasteiger partial charge in [0.1, 0.15) is 10.0 Å². The Labute approximate surface area is 115 Å². The highest BCUT2D eigenvalue weighted by Gasteiger charge is 2.18. The minimum absolute atomic E-state index is 0.00250. The second-order valence-electron chi connectivity index (χ2n) is 4.02. The SMILES string of the molecule is CC(C)CCNS(=O)(=O)c1cc(Br)cnc1Cl. The highest BCUT2D eigenvalue weighted by Crippen LogP contribution is 2.22. The minimum Gasteiger partial charge on any atom is -0.242 e. The summed E-state index contributed by atoms with van der Waals surface area (Å²) in [5.41, 5.74) is 0.